The molecule has 2 heterocycles. The van der Waals surface area contributed by atoms with Gasteiger partial charge in [0.25, 0.3) is 0 Å². The number of aromatic nitrogens is 3. The molecular weight excluding hydrogens is 382 g/mol. The molecule has 2 N–H and O–H groups in total. The van der Waals surface area contributed by atoms with Crippen molar-refractivity contribution >= 4 is 22.6 Å². The van der Waals surface area contributed by atoms with Gasteiger partial charge >= 0.3 is 0 Å². The van der Waals surface area contributed by atoms with Crippen molar-refractivity contribution in [2.24, 2.45) is 5.92 Å². The summed E-state index contributed by atoms with van der Waals surface area (Å²) in [7, 11) is 1.70. The van der Waals surface area contributed by atoms with Crippen LogP contribution in [0.15, 0.2) is 34.9 Å². The molecule has 0 unspecified atom stereocenters. The topological polar surface area (TPSA) is 102 Å². The zero-order valence-electron chi connectivity index (χ0n) is 17.4. The van der Waals surface area contributed by atoms with E-state index < -0.39 is 0 Å². The number of anilines is 1. The average Bonchev–Trinajstić information content (AvgIpc) is 3.20. The highest BCUT2D eigenvalue weighted by Crippen LogP contribution is 2.27. The fourth-order valence-corrected chi connectivity index (χ4v) is 3.91. The SMILES string of the molecule is COCCN[C@H]1CC[C@H](C(=O)Nc2cc3cc(-c4cnc(C)o4)ccc3nn2)CC1. The fraction of sp³-hybridized carbons (Fsp3) is 0.455. The summed E-state index contributed by atoms with van der Waals surface area (Å²) in [6.07, 6.45) is 5.42. The maximum Gasteiger partial charge on any atom is 0.228 e. The quantitative estimate of drug-likeness (QED) is 0.577. The second-order valence-corrected chi connectivity index (χ2v) is 7.73. The molecule has 0 bridgehead atoms. The summed E-state index contributed by atoms with van der Waals surface area (Å²) in [6.45, 7) is 3.37. The van der Waals surface area contributed by atoms with E-state index in [9.17, 15) is 4.79 Å². The first-order valence-electron chi connectivity index (χ1n) is 10.4. The summed E-state index contributed by atoms with van der Waals surface area (Å²) < 4.78 is 10.7. The molecule has 8 nitrogen and oxygen atoms in total. The number of oxazole rings is 1. The average molecular weight is 409 g/mol. The van der Waals surface area contributed by atoms with Crippen LogP contribution in [0.1, 0.15) is 31.6 Å². The van der Waals surface area contributed by atoms with Crippen molar-refractivity contribution in [3.05, 3.63) is 36.4 Å². The normalized spacial score (nSPS) is 19.1. The van der Waals surface area contributed by atoms with Gasteiger partial charge < -0.3 is 19.8 Å². The van der Waals surface area contributed by atoms with Gasteiger partial charge in [-0.1, -0.05) is 0 Å². The lowest BCUT2D eigenvalue weighted by atomic mass is 9.85. The van der Waals surface area contributed by atoms with Crippen LogP contribution in [0.4, 0.5) is 5.82 Å². The molecule has 0 saturated heterocycles. The Labute approximate surface area is 175 Å². The Balaban J connectivity index is 1.39. The van der Waals surface area contributed by atoms with Gasteiger partial charge in [-0.3, -0.25) is 4.79 Å². The van der Waals surface area contributed by atoms with Gasteiger partial charge in [0, 0.05) is 43.5 Å². The minimum Gasteiger partial charge on any atom is -0.441 e. The van der Waals surface area contributed by atoms with E-state index >= 15 is 0 Å². The van der Waals surface area contributed by atoms with E-state index in [-0.39, 0.29) is 11.8 Å². The first kappa shape index (κ1) is 20.4. The molecule has 2 aromatic heterocycles. The number of methoxy groups -OCH3 is 1. The van der Waals surface area contributed by atoms with Crippen LogP contribution in [0.2, 0.25) is 0 Å². The molecule has 4 rings (SSSR count). The number of hydrogen-bond donors (Lipinski definition) is 2. The van der Waals surface area contributed by atoms with Crippen LogP contribution in [0, 0.1) is 12.8 Å². The Morgan fingerprint density at radius 3 is 2.77 bits per heavy atom. The number of amides is 1. The molecule has 1 aliphatic rings. The highest BCUT2D eigenvalue weighted by atomic mass is 16.5. The largest absolute Gasteiger partial charge is 0.441 e. The van der Waals surface area contributed by atoms with E-state index in [1.165, 1.54) is 0 Å². The minimum atomic E-state index is 0.00600. The third-order valence-electron chi connectivity index (χ3n) is 5.58. The highest BCUT2D eigenvalue weighted by molar-refractivity contribution is 5.94. The van der Waals surface area contributed by atoms with Gasteiger partial charge in [0.15, 0.2) is 17.5 Å². The number of fused-ring (bicyclic) bond motifs is 1. The van der Waals surface area contributed by atoms with Gasteiger partial charge in [0.1, 0.15) is 0 Å². The van der Waals surface area contributed by atoms with Crippen LogP contribution in [0.5, 0.6) is 0 Å². The molecule has 0 spiro atoms. The van der Waals surface area contributed by atoms with Crippen molar-refractivity contribution in [2.45, 2.75) is 38.6 Å². The van der Waals surface area contributed by atoms with Crippen molar-refractivity contribution in [1.29, 1.82) is 0 Å². The molecule has 1 saturated carbocycles. The maximum atomic E-state index is 12.7. The fourth-order valence-electron chi connectivity index (χ4n) is 3.91. The number of carbonyl (C=O) groups excluding carboxylic acids is 1. The predicted molar refractivity (Wildman–Crippen MR) is 114 cm³/mol. The third-order valence-corrected chi connectivity index (χ3v) is 5.58. The van der Waals surface area contributed by atoms with Crippen LogP contribution in [0.3, 0.4) is 0 Å². The molecule has 8 heteroatoms. The Bertz CT molecular complexity index is 1010. The second kappa shape index (κ2) is 9.32. The van der Waals surface area contributed by atoms with E-state index in [2.05, 4.69) is 25.8 Å². The smallest absolute Gasteiger partial charge is 0.228 e. The van der Waals surface area contributed by atoms with Crippen LogP contribution < -0.4 is 10.6 Å². The Morgan fingerprint density at radius 2 is 2.03 bits per heavy atom. The summed E-state index contributed by atoms with van der Waals surface area (Å²) >= 11 is 0. The van der Waals surface area contributed by atoms with Crippen LogP contribution in [-0.2, 0) is 9.53 Å². The number of hydrogen-bond acceptors (Lipinski definition) is 7. The van der Waals surface area contributed by atoms with E-state index in [0.29, 0.717) is 30.1 Å². The molecule has 1 fully saturated rings. The molecule has 0 radical (unpaired) electrons. The first-order chi connectivity index (χ1) is 14.6. The number of rotatable bonds is 7. The molecule has 1 aromatic carbocycles. The number of nitrogens with one attached hydrogen (secondary N) is 2. The molecule has 3 aromatic rings. The summed E-state index contributed by atoms with van der Waals surface area (Å²) in [6, 6.07) is 8.09. The molecule has 30 heavy (non-hydrogen) atoms. The molecular formula is C22H27N5O3. The monoisotopic (exact) mass is 409 g/mol. The number of carbonyl (C=O) groups is 1. The van der Waals surface area contributed by atoms with Gasteiger partial charge in [-0.25, -0.2) is 4.98 Å². The summed E-state index contributed by atoms with van der Waals surface area (Å²) in [5, 5.41) is 15.7. The van der Waals surface area contributed by atoms with Crippen molar-refractivity contribution in [3.63, 3.8) is 0 Å². The molecule has 1 amide bonds. The molecule has 1 aliphatic carbocycles. The Morgan fingerprint density at radius 1 is 1.20 bits per heavy atom. The third kappa shape index (κ3) is 4.83. The highest BCUT2D eigenvalue weighted by Gasteiger charge is 2.26. The van der Waals surface area contributed by atoms with E-state index in [1.807, 2.05) is 31.2 Å². The zero-order valence-corrected chi connectivity index (χ0v) is 17.4. The van der Waals surface area contributed by atoms with Gasteiger partial charge in [-0.15, -0.1) is 10.2 Å². The Hall–Kier alpha value is -2.84. The van der Waals surface area contributed by atoms with Gasteiger partial charge in [0.05, 0.1) is 18.3 Å². The van der Waals surface area contributed by atoms with Gasteiger partial charge in [0.2, 0.25) is 5.91 Å². The van der Waals surface area contributed by atoms with Gasteiger partial charge in [-0.05, 0) is 49.9 Å². The van der Waals surface area contributed by atoms with Crippen molar-refractivity contribution in [2.75, 3.05) is 25.6 Å². The lowest BCUT2D eigenvalue weighted by Gasteiger charge is -2.28. The number of ether oxygens (including phenoxy) is 1. The first-order valence-corrected chi connectivity index (χ1v) is 10.4. The maximum absolute atomic E-state index is 12.7. The number of benzene rings is 1. The standard InChI is InChI=1S/C22H27N5O3/c1-14-24-13-20(30-14)16-5-8-19-17(11-16)12-21(27-26-19)25-22(28)15-3-6-18(7-4-15)23-9-10-29-2/h5,8,11-13,15,18,23H,3-4,6-7,9-10H2,1-2H3,(H,25,27,28)/t15-,18-. The molecule has 0 aliphatic heterocycles. The van der Waals surface area contributed by atoms with Crippen molar-refractivity contribution in [3.8, 4) is 11.3 Å². The molecule has 0 atom stereocenters. The predicted octanol–water partition coefficient (Wildman–Crippen LogP) is 3.33. The van der Waals surface area contributed by atoms with E-state index in [1.54, 1.807) is 13.3 Å². The van der Waals surface area contributed by atoms with Crippen LogP contribution >= 0.6 is 0 Å². The number of aryl methyl sites for hydroxylation is 1. The van der Waals surface area contributed by atoms with E-state index in [4.69, 9.17) is 9.15 Å². The second-order valence-electron chi connectivity index (χ2n) is 7.73. The van der Waals surface area contributed by atoms with E-state index in [0.717, 1.165) is 48.7 Å². The summed E-state index contributed by atoms with van der Waals surface area (Å²) in [4.78, 5) is 16.9. The lowest BCUT2D eigenvalue weighted by molar-refractivity contribution is -0.120. The summed E-state index contributed by atoms with van der Waals surface area (Å²) in [5.74, 6) is 1.81. The summed E-state index contributed by atoms with van der Waals surface area (Å²) in [5.41, 5.74) is 1.67. The Kier molecular flexibility index (Phi) is 6.35. The lowest BCUT2D eigenvalue weighted by Crippen LogP contribution is -2.37. The van der Waals surface area contributed by atoms with Crippen molar-refractivity contribution in [1.82, 2.24) is 20.5 Å². The minimum absolute atomic E-state index is 0.00600. The number of nitrogens with zero attached hydrogens (tertiary/aromatic N) is 3. The van der Waals surface area contributed by atoms with Crippen LogP contribution in [0.25, 0.3) is 22.2 Å². The molecule has 158 valence electrons. The van der Waals surface area contributed by atoms with Crippen molar-refractivity contribution < 1.29 is 13.9 Å². The van der Waals surface area contributed by atoms with Crippen LogP contribution in [-0.4, -0.2) is 47.4 Å². The zero-order chi connectivity index (χ0) is 20.9. The van der Waals surface area contributed by atoms with Gasteiger partial charge in [-0.2, -0.15) is 0 Å².